The Labute approximate surface area is 121 Å². The van der Waals surface area contributed by atoms with Gasteiger partial charge in [-0.25, -0.2) is 0 Å². The van der Waals surface area contributed by atoms with Gasteiger partial charge in [-0.15, -0.1) is 0 Å². The highest BCUT2D eigenvalue weighted by Gasteiger charge is 2.08. The molecular formula is C15H14ClN3O. The summed E-state index contributed by atoms with van der Waals surface area (Å²) in [5.74, 6) is -0.142. The number of H-pyrrole nitrogens is 2. The van der Waals surface area contributed by atoms with Crippen molar-refractivity contribution in [3.8, 4) is 0 Å². The number of carbonyl (C=O) groups excluding carboxylic acids is 1. The van der Waals surface area contributed by atoms with Crippen molar-refractivity contribution in [1.29, 1.82) is 0 Å². The van der Waals surface area contributed by atoms with Gasteiger partial charge in [0.1, 0.15) is 5.69 Å². The number of fused-ring (bicyclic) bond motifs is 1. The van der Waals surface area contributed by atoms with Crippen molar-refractivity contribution in [2.75, 3.05) is 6.54 Å². The lowest BCUT2D eigenvalue weighted by molar-refractivity contribution is 0.0950. The predicted octanol–water partition coefficient (Wildman–Crippen LogP) is 3.12. The fourth-order valence-electron chi connectivity index (χ4n) is 2.24. The molecule has 0 radical (unpaired) electrons. The third-order valence-corrected chi connectivity index (χ3v) is 3.47. The van der Waals surface area contributed by atoms with E-state index < -0.39 is 0 Å². The number of carbonyl (C=O) groups is 1. The molecule has 2 heterocycles. The van der Waals surface area contributed by atoms with Gasteiger partial charge < -0.3 is 15.3 Å². The second-order valence-corrected chi connectivity index (χ2v) is 5.03. The summed E-state index contributed by atoms with van der Waals surface area (Å²) in [5.41, 5.74) is 2.80. The number of benzene rings is 1. The normalized spacial score (nSPS) is 10.8. The van der Waals surface area contributed by atoms with Crippen LogP contribution in [-0.2, 0) is 6.42 Å². The molecule has 0 atom stereocenters. The molecule has 0 saturated carbocycles. The van der Waals surface area contributed by atoms with Crippen molar-refractivity contribution in [2.24, 2.45) is 0 Å². The van der Waals surface area contributed by atoms with Gasteiger partial charge in [0, 0.05) is 29.8 Å². The highest BCUT2D eigenvalue weighted by Crippen LogP contribution is 2.17. The molecule has 0 unspecified atom stereocenters. The maximum atomic E-state index is 11.8. The zero-order valence-corrected chi connectivity index (χ0v) is 11.5. The summed E-state index contributed by atoms with van der Waals surface area (Å²) in [5, 5.41) is 4.61. The summed E-state index contributed by atoms with van der Waals surface area (Å²) in [6.07, 6.45) is 4.36. The Morgan fingerprint density at radius 2 is 2.05 bits per heavy atom. The van der Waals surface area contributed by atoms with E-state index in [-0.39, 0.29) is 5.91 Å². The standard InChI is InChI=1S/C15H14ClN3O/c16-11-7-14(19-9-11)15(20)17-6-5-10-8-18-13-4-2-1-3-12(10)13/h1-4,7-9,18-19H,5-6H2,(H,17,20). The topological polar surface area (TPSA) is 60.7 Å². The van der Waals surface area contributed by atoms with Crippen LogP contribution in [0, 0.1) is 0 Å². The van der Waals surface area contributed by atoms with Gasteiger partial charge in [-0.05, 0) is 24.1 Å². The molecule has 3 aromatic rings. The smallest absolute Gasteiger partial charge is 0.267 e. The Morgan fingerprint density at radius 1 is 1.20 bits per heavy atom. The molecule has 0 bridgehead atoms. The molecule has 4 nitrogen and oxygen atoms in total. The van der Waals surface area contributed by atoms with E-state index in [0.717, 1.165) is 11.9 Å². The number of para-hydroxylation sites is 1. The maximum absolute atomic E-state index is 11.8. The van der Waals surface area contributed by atoms with Crippen LogP contribution in [0.5, 0.6) is 0 Å². The minimum Gasteiger partial charge on any atom is -0.361 e. The van der Waals surface area contributed by atoms with E-state index >= 15 is 0 Å². The Kier molecular flexibility index (Phi) is 3.48. The molecular weight excluding hydrogens is 274 g/mol. The average Bonchev–Trinajstić information content (AvgIpc) is 3.06. The first-order chi connectivity index (χ1) is 9.74. The molecule has 3 rings (SSSR count). The Balaban J connectivity index is 1.61. The number of rotatable bonds is 4. The van der Waals surface area contributed by atoms with Crippen LogP contribution >= 0.6 is 11.6 Å². The van der Waals surface area contributed by atoms with E-state index in [4.69, 9.17) is 11.6 Å². The van der Waals surface area contributed by atoms with Crippen LogP contribution in [0.1, 0.15) is 16.1 Å². The van der Waals surface area contributed by atoms with E-state index in [9.17, 15) is 4.79 Å². The van der Waals surface area contributed by atoms with E-state index in [1.54, 1.807) is 12.3 Å². The summed E-state index contributed by atoms with van der Waals surface area (Å²) in [6, 6.07) is 9.74. The lowest BCUT2D eigenvalue weighted by Crippen LogP contribution is -2.25. The first-order valence-electron chi connectivity index (χ1n) is 6.41. The van der Waals surface area contributed by atoms with Gasteiger partial charge in [-0.2, -0.15) is 0 Å². The summed E-state index contributed by atoms with van der Waals surface area (Å²) in [6.45, 7) is 0.581. The van der Waals surface area contributed by atoms with E-state index in [1.807, 2.05) is 24.4 Å². The number of nitrogens with one attached hydrogen (secondary N) is 3. The molecule has 0 aliphatic heterocycles. The van der Waals surface area contributed by atoms with E-state index in [0.29, 0.717) is 17.3 Å². The molecule has 5 heteroatoms. The minimum atomic E-state index is -0.142. The van der Waals surface area contributed by atoms with Gasteiger partial charge >= 0.3 is 0 Å². The summed E-state index contributed by atoms with van der Waals surface area (Å²) in [7, 11) is 0. The lowest BCUT2D eigenvalue weighted by Gasteiger charge is -2.03. The second-order valence-electron chi connectivity index (χ2n) is 4.60. The maximum Gasteiger partial charge on any atom is 0.267 e. The van der Waals surface area contributed by atoms with Crippen LogP contribution in [0.25, 0.3) is 10.9 Å². The number of amides is 1. The second kappa shape index (κ2) is 5.43. The van der Waals surface area contributed by atoms with Crippen LogP contribution in [0.2, 0.25) is 5.02 Å². The van der Waals surface area contributed by atoms with Gasteiger partial charge in [0.05, 0.1) is 5.02 Å². The average molecular weight is 288 g/mol. The van der Waals surface area contributed by atoms with Crippen LogP contribution in [0.4, 0.5) is 0 Å². The Hall–Kier alpha value is -2.20. The molecule has 0 fully saturated rings. The first kappa shape index (κ1) is 12.8. The fraction of sp³-hybridized carbons (Fsp3) is 0.133. The van der Waals surface area contributed by atoms with Gasteiger partial charge in [0.25, 0.3) is 5.91 Å². The van der Waals surface area contributed by atoms with Crippen molar-refractivity contribution in [3.63, 3.8) is 0 Å². The lowest BCUT2D eigenvalue weighted by atomic mass is 10.1. The predicted molar refractivity (Wildman–Crippen MR) is 80.1 cm³/mol. The number of halogens is 1. The highest BCUT2D eigenvalue weighted by atomic mass is 35.5. The van der Waals surface area contributed by atoms with Gasteiger partial charge in [0.2, 0.25) is 0 Å². The van der Waals surface area contributed by atoms with E-state index in [1.165, 1.54) is 10.9 Å². The number of aromatic amines is 2. The first-order valence-corrected chi connectivity index (χ1v) is 6.79. The fourth-order valence-corrected chi connectivity index (χ4v) is 2.41. The van der Waals surface area contributed by atoms with Crippen molar-refractivity contribution >= 4 is 28.4 Å². The van der Waals surface area contributed by atoms with Crippen molar-refractivity contribution in [2.45, 2.75) is 6.42 Å². The molecule has 2 aromatic heterocycles. The highest BCUT2D eigenvalue weighted by molar-refractivity contribution is 6.30. The number of hydrogen-bond acceptors (Lipinski definition) is 1. The third kappa shape index (κ3) is 2.56. The van der Waals surface area contributed by atoms with Crippen molar-refractivity contribution in [3.05, 3.63) is 59.0 Å². The van der Waals surface area contributed by atoms with Gasteiger partial charge in [0.15, 0.2) is 0 Å². The summed E-state index contributed by atoms with van der Waals surface area (Å²) in [4.78, 5) is 17.9. The molecule has 1 aromatic carbocycles. The van der Waals surface area contributed by atoms with Crippen LogP contribution in [-0.4, -0.2) is 22.4 Å². The Bertz CT molecular complexity index is 744. The van der Waals surface area contributed by atoms with Crippen molar-refractivity contribution < 1.29 is 4.79 Å². The Morgan fingerprint density at radius 3 is 2.85 bits per heavy atom. The monoisotopic (exact) mass is 287 g/mol. The third-order valence-electron chi connectivity index (χ3n) is 3.25. The molecule has 3 N–H and O–H groups in total. The zero-order valence-electron chi connectivity index (χ0n) is 10.7. The van der Waals surface area contributed by atoms with Gasteiger partial charge in [-0.1, -0.05) is 29.8 Å². The largest absolute Gasteiger partial charge is 0.361 e. The SMILES string of the molecule is O=C(NCCc1c[nH]c2ccccc12)c1cc(Cl)c[nH]1. The molecule has 0 saturated heterocycles. The number of aromatic nitrogens is 2. The molecule has 0 spiro atoms. The van der Waals surface area contributed by atoms with Gasteiger partial charge in [-0.3, -0.25) is 4.79 Å². The van der Waals surface area contributed by atoms with Crippen LogP contribution in [0.3, 0.4) is 0 Å². The number of hydrogen-bond donors (Lipinski definition) is 3. The quantitative estimate of drug-likeness (QED) is 0.678. The summed E-state index contributed by atoms with van der Waals surface area (Å²) < 4.78 is 0. The molecule has 0 aliphatic rings. The molecule has 0 aliphatic carbocycles. The molecule has 102 valence electrons. The minimum absolute atomic E-state index is 0.142. The molecule has 1 amide bonds. The zero-order chi connectivity index (χ0) is 13.9. The molecule has 20 heavy (non-hydrogen) atoms. The van der Waals surface area contributed by atoms with Crippen molar-refractivity contribution in [1.82, 2.24) is 15.3 Å². The van der Waals surface area contributed by atoms with Crippen LogP contribution < -0.4 is 5.32 Å². The van der Waals surface area contributed by atoms with Crippen LogP contribution in [0.15, 0.2) is 42.7 Å². The van der Waals surface area contributed by atoms with E-state index in [2.05, 4.69) is 21.4 Å². The summed E-state index contributed by atoms with van der Waals surface area (Å²) >= 11 is 5.77.